The number of thiophene rings is 1. The van der Waals surface area contributed by atoms with E-state index < -0.39 is 0 Å². The van der Waals surface area contributed by atoms with Gasteiger partial charge in [-0.2, -0.15) is 5.10 Å². The van der Waals surface area contributed by atoms with Gasteiger partial charge >= 0.3 is 0 Å². The van der Waals surface area contributed by atoms with Crippen LogP contribution in [-0.4, -0.2) is 78.3 Å². The molecule has 0 bridgehead atoms. The summed E-state index contributed by atoms with van der Waals surface area (Å²) in [5, 5.41) is 8.27. The quantitative estimate of drug-likeness (QED) is 0.405. The van der Waals surface area contributed by atoms with Gasteiger partial charge in [0.25, 0.3) is 11.8 Å². The van der Waals surface area contributed by atoms with Crippen LogP contribution < -0.4 is 0 Å². The minimum atomic E-state index is -0.383. The Morgan fingerprint density at radius 3 is 2.58 bits per heavy atom. The first kappa shape index (κ1) is 26.5. The van der Waals surface area contributed by atoms with Crippen molar-refractivity contribution >= 4 is 40.5 Å². The highest BCUT2D eigenvalue weighted by Gasteiger charge is 2.36. The normalized spacial score (nSPS) is 17.9. The zero-order valence-electron chi connectivity index (χ0n) is 20.8. The van der Waals surface area contributed by atoms with E-state index in [1.54, 1.807) is 42.5 Å². The molecule has 1 atom stereocenters. The van der Waals surface area contributed by atoms with Crippen LogP contribution in [0.1, 0.15) is 33.3 Å². The van der Waals surface area contributed by atoms with Crippen LogP contribution in [0.3, 0.4) is 0 Å². The third-order valence-electron chi connectivity index (χ3n) is 6.73. The largest absolute Gasteiger partial charge is 0.379 e. The van der Waals surface area contributed by atoms with E-state index >= 15 is 0 Å². The van der Waals surface area contributed by atoms with Gasteiger partial charge in [-0.3, -0.25) is 14.5 Å². The Morgan fingerprint density at radius 2 is 1.84 bits per heavy atom. The fraction of sp³-hybridized carbons (Fsp3) is 0.321. The van der Waals surface area contributed by atoms with Crippen LogP contribution in [0.25, 0.3) is 0 Å². The van der Waals surface area contributed by atoms with Crippen molar-refractivity contribution < 1.29 is 18.7 Å². The number of ether oxygens (including phenoxy) is 1. The second kappa shape index (κ2) is 12.2. The van der Waals surface area contributed by atoms with Gasteiger partial charge < -0.3 is 9.64 Å². The Hall–Kier alpha value is -3.11. The molecule has 2 amide bonds. The Labute approximate surface area is 230 Å². The number of rotatable bonds is 8. The molecule has 0 unspecified atom stereocenters. The van der Waals surface area contributed by atoms with Crippen LogP contribution in [0.5, 0.6) is 0 Å². The van der Waals surface area contributed by atoms with Crippen LogP contribution >= 0.6 is 22.9 Å². The monoisotopic (exact) mass is 554 g/mol. The van der Waals surface area contributed by atoms with Gasteiger partial charge in [-0.25, -0.2) is 9.40 Å². The number of hydrogen-bond acceptors (Lipinski definition) is 6. The highest BCUT2D eigenvalue weighted by Crippen LogP contribution is 2.35. The minimum absolute atomic E-state index is 0.176. The number of carbonyl (C=O) groups is 2. The molecule has 0 N–H and O–H groups in total. The number of halogens is 2. The Morgan fingerprint density at radius 1 is 1.08 bits per heavy atom. The molecule has 3 aromatic rings. The van der Waals surface area contributed by atoms with Crippen LogP contribution in [0.4, 0.5) is 4.39 Å². The lowest BCUT2D eigenvalue weighted by atomic mass is 10.0. The van der Waals surface area contributed by atoms with Crippen molar-refractivity contribution in [1.29, 1.82) is 0 Å². The Kier molecular flexibility index (Phi) is 8.48. The van der Waals surface area contributed by atoms with Crippen LogP contribution in [0.2, 0.25) is 5.02 Å². The number of hydrogen-bond donors (Lipinski definition) is 0. The minimum Gasteiger partial charge on any atom is -0.379 e. The third-order valence-corrected chi connectivity index (χ3v) is 8.03. The summed E-state index contributed by atoms with van der Waals surface area (Å²) >= 11 is 7.86. The summed E-state index contributed by atoms with van der Waals surface area (Å²) in [4.78, 5) is 32.0. The second-order valence-electron chi connectivity index (χ2n) is 9.16. The lowest BCUT2D eigenvalue weighted by Gasteiger charge is -2.31. The lowest BCUT2D eigenvalue weighted by molar-refractivity contribution is -0.133. The molecule has 0 spiro atoms. The molecular weight excluding hydrogens is 527 g/mol. The average molecular weight is 555 g/mol. The molecule has 2 aromatic carbocycles. The van der Waals surface area contributed by atoms with Gasteiger partial charge in [0.1, 0.15) is 12.4 Å². The van der Waals surface area contributed by atoms with Crippen molar-refractivity contribution in [3.8, 4) is 0 Å². The molecule has 2 aliphatic heterocycles. The maximum atomic E-state index is 14.6. The van der Waals surface area contributed by atoms with Crippen LogP contribution in [0, 0.1) is 5.82 Å². The Bertz CT molecular complexity index is 1310. The van der Waals surface area contributed by atoms with Gasteiger partial charge in [0.05, 0.1) is 35.6 Å². The highest BCUT2D eigenvalue weighted by molar-refractivity contribution is 7.10. The van der Waals surface area contributed by atoms with Crippen molar-refractivity contribution in [3.63, 3.8) is 0 Å². The number of amides is 2. The molecule has 3 heterocycles. The van der Waals surface area contributed by atoms with E-state index in [-0.39, 0.29) is 30.2 Å². The van der Waals surface area contributed by atoms with Gasteiger partial charge in [0.2, 0.25) is 0 Å². The van der Waals surface area contributed by atoms with E-state index in [4.69, 9.17) is 16.3 Å². The highest BCUT2D eigenvalue weighted by atomic mass is 35.5. The molecule has 0 aliphatic carbocycles. The Balaban J connectivity index is 1.40. The maximum Gasteiger partial charge on any atom is 0.262 e. The number of carbonyl (C=O) groups excluding carboxylic acids is 2. The molecule has 7 nitrogen and oxygen atoms in total. The molecule has 38 heavy (non-hydrogen) atoms. The van der Waals surface area contributed by atoms with Gasteiger partial charge in [0.15, 0.2) is 0 Å². The first-order chi connectivity index (χ1) is 18.5. The smallest absolute Gasteiger partial charge is 0.262 e. The summed E-state index contributed by atoms with van der Waals surface area (Å²) in [5.74, 6) is -1.04. The summed E-state index contributed by atoms with van der Waals surface area (Å²) < 4.78 is 20.0. The fourth-order valence-electron chi connectivity index (χ4n) is 4.68. The molecule has 0 radical (unpaired) electrons. The second-order valence-corrected chi connectivity index (χ2v) is 10.5. The van der Waals surface area contributed by atoms with Crippen molar-refractivity contribution in [2.24, 2.45) is 5.10 Å². The summed E-state index contributed by atoms with van der Waals surface area (Å²) in [7, 11) is 0. The molecule has 10 heteroatoms. The van der Waals surface area contributed by atoms with Crippen LogP contribution in [0.15, 0.2) is 71.1 Å². The fourth-order valence-corrected chi connectivity index (χ4v) is 5.71. The van der Waals surface area contributed by atoms with E-state index in [0.717, 1.165) is 18.0 Å². The first-order valence-corrected chi connectivity index (χ1v) is 13.8. The summed E-state index contributed by atoms with van der Waals surface area (Å²) in [6, 6.07) is 16.8. The van der Waals surface area contributed by atoms with Crippen molar-refractivity contribution in [3.05, 3.63) is 92.9 Å². The van der Waals surface area contributed by atoms with E-state index in [1.165, 1.54) is 27.3 Å². The summed E-state index contributed by atoms with van der Waals surface area (Å²) in [6.07, 6.45) is 0.388. The first-order valence-electron chi connectivity index (χ1n) is 12.5. The number of hydrazone groups is 1. The van der Waals surface area contributed by atoms with Gasteiger partial charge in [-0.15, -0.1) is 11.3 Å². The van der Waals surface area contributed by atoms with Gasteiger partial charge in [-0.05, 0) is 29.6 Å². The molecule has 0 saturated carbocycles. The number of benzene rings is 2. The van der Waals surface area contributed by atoms with E-state index in [0.29, 0.717) is 54.6 Å². The summed E-state index contributed by atoms with van der Waals surface area (Å²) in [5.41, 5.74) is 1.23. The van der Waals surface area contributed by atoms with Crippen LogP contribution in [-0.2, 0) is 9.53 Å². The average Bonchev–Trinajstić information content (AvgIpc) is 3.62. The summed E-state index contributed by atoms with van der Waals surface area (Å²) in [6.45, 7) is 3.59. The lowest BCUT2D eigenvalue weighted by Crippen LogP contribution is -2.46. The van der Waals surface area contributed by atoms with Gasteiger partial charge in [0, 0.05) is 43.0 Å². The topological polar surface area (TPSA) is 65.5 Å². The van der Waals surface area contributed by atoms with E-state index in [2.05, 4.69) is 10.0 Å². The van der Waals surface area contributed by atoms with E-state index in [1.807, 2.05) is 17.5 Å². The van der Waals surface area contributed by atoms with E-state index in [9.17, 15) is 14.0 Å². The molecule has 198 valence electrons. The molecule has 5 rings (SSSR count). The number of nitrogens with zero attached hydrogens (tertiary/aromatic N) is 4. The molecule has 2 aliphatic rings. The van der Waals surface area contributed by atoms with Crippen molar-refractivity contribution in [2.75, 3.05) is 45.9 Å². The zero-order chi connectivity index (χ0) is 26.5. The zero-order valence-corrected chi connectivity index (χ0v) is 22.3. The molecular formula is C28H28ClFN4O3S. The van der Waals surface area contributed by atoms with Crippen molar-refractivity contribution in [2.45, 2.75) is 12.5 Å². The third kappa shape index (κ3) is 5.96. The predicted octanol–water partition coefficient (Wildman–Crippen LogP) is 4.69. The number of morpholine rings is 1. The van der Waals surface area contributed by atoms with Crippen molar-refractivity contribution in [1.82, 2.24) is 14.8 Å². The molecule has 1 aromatic heterocycles. The molecule has 1 fully saturated rings. The maximum absolute atomic E-state index is 14.6. The standard InChI is InChI=1S/C28H28ClFN4O3S/c29-22-8-3-1-6-20(22)28(36)33(12-11-32-13-15-37-16-14-32)19-27(35)34-25(26-10-5-17-38-26)18-24(31-34)21-7-2-4-9-23(21)30/h1-10,17,25H,11-16,18-19H2/t25-/m1/s1. The van der Waals surface area contributed by atoms with Gasteiger partial charge in [-0.1, -0.05) is 48.0 Å². The molecule has 1 saturated heterocycles. The predicted molar refractivity (Wildman–Crippen MR) is 146 cm³/mol. The SMILES string of the molecule is O=C(c1ccccc1Cl)N(CCN1CCOCC1)CC(=O)N1N=C(c2ccccc2F)C[C@@H]1c1cccs1.